The summed E-state index contributed by atoms with van der Waals surface area (Å²) in [5.74, 6) is -1.35. The number of pyridine rings is 1. The number of carbonyl (C=O) groups excluding carboxylic acids is 1. The molecule has 2 aromatic rings. The van der Waals surface area contributed by atoms with Crippen molar-refractivity contribution >= 4 is 5.91 Å². The average Bonchev–Trinajstić information content (AvgIpc) is 2.96. The van der Waals surface area contributed by atoms with Gasteiger partial charge in [-0.2, -0.15) is 13.2 Å². The number of H-pyrrole nitrogens is 1. The van der Waals surface area contributed by atoms with Crippen LogP contribution in [0.2, 0.25) is 0 Å². The number of carbonyl (C=O) groups is 1. The SMILES string of the molecule is NC(=O)C(Cc1ccc(OCC(F)(F)F)cn1)c1c[nH]nn1. The molecule has 1 atom stereocenters. The van der Waals surface area contributed by atoms with E-state index in [4.69, 9.17) is 5.73 Å². The molecule has 0 aliphatic carbocycles. The van der Waals surface area contributed by atoms with Gasteiger partial charge in [0.25, 0.3) is 0 Å². The van der Waals surface area contributed by atoms with Crippen molar-refractivity contribution in [3.63, 3.8) is 0 Å². The number of nitrogens with two attached hydrogens (primary N) is 1. The molecule has 0 bridgehead atoms. The Morgan fingerprint density at radius 3 is 2.68 bits per heavy atom. The van der Waals surface area contributed by atoms with Crippen LogP contribution in [0.1, 0.15) is 17.3 Å². The first-order valence-electron chi connectivity index (χ1n) is 6.15. The predicted molar refractivity (Wildman–Crippen MR) is 67.8 cm³/mol. The molecule has 0 aromatic carbocycles. The molecule has 0 radical (unpaired) electrons. The molecule has 0 fully saturated rings. The van der Waals surface area contributed by atoms with Crippen molar-refractivity contribution in [3.05, 3.63) is 35.9 Å². The normalized spacial score (nSPS) is 12.9. The molecule has 10 heteroatoms. The second-order valence-corrected chi connectivity index (χ2v) is 4.45. The van der Waals surface area contributed by atoms with Crippen LogP contribution < -0.4 is 10.5 Å². The van der Waals surface area contributed by atoms with Crippen molar-refractivity contribution < 1.29 is 22.7 Å². The third-order valence-electron chi connectivity index (χ3n) is 2.75. The Hall–Kier alpha value is -2.65. The highest BCUT2D eigenvalue weighted by Gasteiger charge is 2.28. The van der Waals surface area contributed by atoms with Crippen LogP contribution >= 0.6 is 0 Å². The number of amides is 1. The van der Waals surface area contributed by atoms with E-state index in [0.717, 1.165) is 6.20 Å². The number of nitrogens with one attached hydrogen (secondary N) is 1. The summed E-state index contributed by atoms with van der Waals surface area (Å²) in [6.45, 7) is -1.39. The largest absolute Gasteiger partial charge is 0.483 e. The molecule has 1 unspecified atom stereocenters. The molecule has 7 nitrogen and oxygen atoms in total. The minimum absolute atomic E-state index is 0.0156. The molecular formula is C12H12F3N5O2. The fourth-order valence-electron chi connectivity index (χ4n) is 1.72. The fourth-order valence-corrected chi connectivity index (χ4v) is 1.72. The highest BCUT2D eigenvalue weighted by molar-refractivity contribution is 5.81. The zero-order chi connectivity index (χ0) is 16.2. The van der Waals surface area contributed by atoms with Crippen LogP contribution in [0.15, 0.2) is 24.5 Å². The van der Waals surface area contributed by atoms with Gasteiger partial charge in [-0.1, -0.05) is 5.21 Å². The van der Waals surface area contributed by atoms with E-state index in [1.807, 2.05) is 0 Å². The zero-order valence-corrected chi connectivity index (χ0v) is 11.2. The minimum atomic E-state index is -4.41. The molecule has 0 saturated heterocycles. The second-order valence-electron chi connectivity index (χ2n) is 4.45. The van der Waals surface area contributed by atoms with Crippen molar-refractivity contribution in [3.8, 4) is 5.75 Å². The molecule has 0 saturated carbocycles. The summed E-state index contributed by atoms with van der Waals surface area (Å²) in [6, 6.07) is 2.80. The maximum Gasteiger partial charge on any atom is 0.422 e. The van der Waals surface area contributed by atoms with Gasteiger partial charge >= 0.3 is 6.18 Å². The molecule has 2 rings (SSSR count). The Balaban J connectivity index is 2.02. The lowest BCUT2D eigenvalue weighted by atomic mass is 9.99. The number of hydrogen-bond acceptors (Lipinski definition) is 5. The summed E-state index contributed by atoms with van der Waals surface area (Å²) < 4.78 is 40.6. The smallest absolute Gasteiger partial charge is 0.422 e. The summed E-state index contributed by atoms with van der Waals surface area (Å²) in [5.41, 5.74) is 6.13. The topological polar surface area (TPSA) is 107 Å². The Morgan fingerprint density at radius 1 is 1.41 bits per heavy atom. The third kappa shape index (κ3) is 4.43. The summed E-state index contributed by atoms with van der Waals surface area (Å²) in [7, 11) is 0. The van der Waals surface area contributed by atoms with Crippen LogP contribution in [-0.2, 0) is 11.2 Å². The third-order valence-corrected chi connectivity index (χ3v) is 2.75. The number of nitrogens with zero attached hydrogens (tertiary/aromatic N) is 3. The van der Waals surface area contributed by atoms with E-state index in [9.17, 15) is 18.0 Å². The number of ether oxygens (including phenoxy) is 1. The fraction of sp³-hybridized carbons (Fsp3) is 0.333. The maximum atomic E-state index is 12.0. The number of halogens is 3. The van der Waals surface area contributed by atoms with Gasteiger partial charge < -0.3 is 10.5 Å². The van der Waals surface area contributed by atoms with Gasteiger partial charge in [-0.25, -0.2) is 0 Å². The molecule has 2 aromatic heterocycles. The van der Waals surface area contributed by atoms with Gasteiger partial charge in [0.05, 0.1) is 17.8 Å². The first-order valence-corrected chi connectivity index (χ1v) is 6.15. The van der Waals surface area contributed by atoms with Crippen molar-refractivity contribution in [2.24, 2.45) is 5.73 Å². The highest BCUT2D eigenvalue weighted by Crippen LogP contribution is 2.20. The first kappa shape index (κ1) is 15.7. The van der Waals surface area contributed by atoms with E-state index in [1.165, 1.54) is 18.3 Å². The van der Waals surface area contributed by atoms with Gasteiger partial charge in [-0.3, -0.25) is 14.9 Å². The molecule has 2 heterocycles. The maximum absolute atomic E-state index is 12.0. The van der Waals surface area contributed by atoms with Gasteiger partial charge in [0, 0.05) is 18.3 Å². The molecule has 118 valence electrons. The monoisotopic (exact) mass is 315 g/mol. The number of aromatic nitrogens is 4. The number of hydrogen-bond donors (Lipinski definition) is 2. The van der Waals surface area contributed by atoms with Crippen LogP contribution in [0.3, 0.4) is 0 Å². The van der Waals surface area contributed by atoms with E-state index in [0.29, 0.717) is 11.4 Å². The van der Waals surface area contributed by atoms with Crippen molar-refractivity contribution in [1.82, 2.24) is 20.4 Å². The molecule has 0 aliphatic rings. The molecule has 0 aliphatic heterocycles. The van der Waals surface area contributed by atoms with Crippen LogP contribution in [0.4, 0.5) is 13.2 Å². The Kier molecular flexibility index (Phi) is 4.59. The molecule has 3 N–H and O–H groups in total. The lowest BCUT2D eigenvalue weighted by molar-refractivity contribution is -0.153. The van der Waals surface area contributed by atoms with Gasteiger partial charge in [0.1, 0.15) is 5.75 Å². The highest BCUT2D eigenvalue weighted by atomic mass is 19.4. The number of rotatable bonds is 6. The Labute approximate surface area is 122 Å². The van der Waals surface area contributed by atoms with Crippen LogP contribution in [0.25, 0.3) is 0 Å². The van der Waals surface area contributed by atoms with E-state index in [-0.39, 0.29) is 12.2 Å². The molecule has 0 spiro atoms. The quantitative estimate of drug-likeness (QED) is 0.825. The van der Waals surface area contributed by atoms with Crippen LogP contribution in [0.5, 0.6) is 5.75 Å². The summed E-state index contributed by atoms with van der Waals surface area (Å²) in [5, 5.41) is 9.70. The summed E-state index contributed by atoms with van der Waals surface area (Å²) in [4.78, 5) is 15.4. The lowest BCUT2D eigenvalue weighted by Crippen LogP contribution is -2.24. The van der Waals surface area contributed by atoms with Crippen LogP contribution in [-0.4, -0.2) is 39.1 Å². The minimum Gasteiger partial charge on any atom is -0.483 e. The van der Waals surface area contributed by atoms with Gasteiger partial charge in [-0.15, -0.1) is 5.10 Å². The van der Waals surface area contributed by atoms with E-state index in [1.54, 1.807) is 0 Å². The van der Waals surface area contributed by atoms with Crippen molar-refractivity contribution in [2.75, 3.05) is 6.61 Å². The van der Waals surface area contributed by atoms with E-state index in [2.05, 4.69) is 25.1 Å². The van der Waals surface area contributed by atoms with Gasteiger partial charge in [0.15, 0.2) is 6.61 Å². The molecular weight excluding hydrogens is 303 g/mol. The molecule has 1 amide bonds. The van der Waals surface area contributed by atoms with E-state index < -0.39 is 24.6 Å². The summed E-state index contributed by atoms with van der Waals surface area (Å²) in [6.07, 6.45) is -1.66. The Bertz CT molecular complexity index is 613. The average molecular weight is 315 g/mol. The number of alkyl halides is 3. The number of aromatic amines is 1. The Morgan fingerprint density at radius 2 is 2.18 bits per heavy atom. The zero-order valence-electron chi connectivity index (χ0n) is 11.2. The second kappa shape index (κ2) is 6.41. The van der Waals surface area contributed by atoms with E-state index >= 15 is 0 Å². The number of primary amides is 1. The first-order chi connectivity index (χ1) is 10.3. The lowest BCUT2D eigenvalue weighted by Gasteiger charge is -2.11. The van der Waals surface area contributed by atoms with Gasteiger partial charge in [0.2, 0.25) is 5.91 Å². The van der Waals surface area contributed by atoms with Crippen molar-refractivity contribution in [1.29, 1.82) is 0 Å². The standard InChI is InChI=1S/C12H12F3N5O2/c13-12(14,15)6-22-8-2-1-7(17-4-8)3-9(11(16)21)10-5-18-20-19-10/h1-2,4-5,9H,3,6H2,(H2,16,21)(H,18,19,20). The van der Waals surface area contributed by atoms with Crippen LogP contribution in [0, 0.1) is 0 Å². The summed E-state index contributed by atoms with van der Waals surface area (Å²) >= 11 is 0. The molecule has 22 heavy (non-hydrogen) atoms. The predicted octanol–water partition coefficient (Wildman–Crippen LogP) is 0.952. The van der Waals surface area contributed by atoms with Gasteiger partial charge in [-0.05, 0) is 12.1 Å². The van der Waals surface area contributed by atoms with Crippen molar-refractivity contribution in [2.45, 2.75) is 18.5 Å².